The van der Waals surface area contributed by atoms with Crippen LogP contribution in [-0.2, 0) is 13.1 Å². The van der Waals surface area contributed by atoms with Gasteiger partial charge in [-0.3, -0.25) is 4.90 Å². The molecule has 0 spiro atoms. The zero-order chi connectivity index (χ0) is 15.5. The van der Waals surface area contributed by atoms with E-state index in [4.69, 9.17) is 16.0 Å². The molecule has 0 unspecified atom stereocenters. The van der Waals surface area contributed by atoms with Gasteiger partial charge in [-0.1, -0.05) is 17.7 Å². The first-order valence-corrected chi connectivity index (χ1v) is 7.38. The number of nitrogens with one attached hydrogen (secondary N) is 1. The second kappa shape index (κ2) is 6.34. The lowest BCUT2D eigenvalue weighted by Gasteiger charge is -2.13. The van der Waals surface area contributed by atoms with Crippen LogP contribution in [0, 0.1) is 6.92 Å². The number of imidazole rings is 1. The van der Waals surface area contributed by atoms with Crippen molar-refractivity contribution in [3.05, 3.63) is 59.0 Å². The highest BCUT2D eigenvalue weighted by Crippen LogP contribution is 2.24. The van der Waals surface area contributed by atoms with Crippen LogP contribution in [0.25, 0.3) is 11.5 Å². The summed E-state index contributed by atoms with van der Waals surface area (Å²) in [6, 6.07) is 7.51. The van der Waals surface area contributed by atoms with Gasteiger partial charge in [0.2, 0.25) is 5.89 Å². The topological polar surface area (TPSA) is 58.0 Å². The summed E-state index contributed by atoms with van der Waals surface area (Å²) < 4.78 is 5.77. The Bertz CT molecular complexity index is 751. The SMILES string of the molecule is Cc1oc(-c2cccc(Cl)c2)nc1CN(C)Cc1ncc[nH]1. The highest BCUT2D eigenvalue weighted by Gasteiger charge is 2.14. The van der Waals surface area contributed by atoms with Gasteiger partial charge >= 0.3 is 0 Å². The van der Waals surface area contributed by atoms with Crippen molar-refractivity contribution in [3.63, 3.8) is 0 Å². The van der Waals surface area contributed by atoms with Gasteiger partial charge in [0.25, 0.3) is 0 Å². The Hall–Kier alpha value is -2.11. The summed E-state index contributed by atoms with van der Waals surface area (Å²) in [7, 11) is 2.02. The van der Waals surface area contributed by atoms with Crippen LogP contribution in [0.15, 0.2) is 41.1 Å². The Morgan fingerprint density at radius 3 is 2.91 bits per heavy atom. The van der Waals surface area contributed by atoms with E-state index in [1.54, 1.807) is 6.20 Å². The van der Waals surface area contributed by atoms with Crippen molar-refractivity contribution in [3.8, 4) is 11.5 Å². The molecule has 0 saturated carbocycles. The summed E-state index contributed by atoms with van der Waals surface area (Å²) in [5.74, 6) is 2.35. The van der Waals surface area contributed by atoms with Crippen molar-refractivity contribution in [2.24, 2.45) is 0 Å². The molecule has 0 aliphatic rings. The van der Waals surface area contributed by atoms with Crippen molar-refractivity contribution in [2.45, 2.75) is 20.0 Å². The molecule has 5 nitrogen and oxygen atoms in total. The van der Waals surface area contributed by atoms with Crippen molar-refractivity contribution in [1.82, 2.24) is 19.9 Å². The van der Waals surface area contributed by atoms with Crippen LogP contribution < -0.4 is 0 Å². The second-order valence-electron chi connectivity index (χ2n) is 5.24. The Morgan fingerprint density at radius 2 is 2.18 bits per heavy atom. The second-order valence-corrected chi connectivity index (χ2v) is 5.68. The molecule has 114 valence electrons. The molecule has 1 N–H and O–H groups in total. The van der Waals surface area contributed by atoms with Gasteiger partial charge in [-0.25, -0.2) is 9.97 Å². The predicted octanol–water partition coefficient (Wildman–Crippen LogP) is 3.66. The number of oxazole rings is 1. The molecular weight excluding hydrogens is 300 g/mol. The zero-order valence-electron chi connectivity index (χ0n) is 12.5. The quantitative estimate of drug-likeness (QED) is 0.780. The average Bonchev–Trinajstić information content (AvgIpc) is 3.10. The minimum Gasteiger partial charge on any atom is -0.441 e. The van der Waals surface area contributed by atoms with E-state index in [0.29, 0.717) is 17.5 Å². The predicted molar refractivity (Wildman–Crippen MR) is 85.4 cm³/mol. The maximum atomic E-state index is 6.02. The lowest BCUT2D eigenvalue weighted by atomic mass is 10.2. The number of aromatic nitrogens is 3. The van der Waals surface area contributed by atoms with Crippen molar-refractivity contribution in [1.29, 1.82) is 0 Å². The number of benzene rings is 1. The van der Waals surface area contributed by atoms with Gasteiger partial charge in [-0.05, 0) is 32.2 Å². The Kier molecular flexibility index (Phi) is 4.27. The van der Waals surface area contributed by atoms with E-state index in [1.807, 2.05) is 44.4 Å². The van der Waals surface area contributed by atoms with Gasteiger partial charge in [0.15, 0.2) is 0 Å². The molecule has 1 aromatic carbocycles. The summed E-state index contributed by atoms with van der Waals surface area (Å²) in [4.78, 5) is 14.0. The van der Waals surface area contributed by atoms with E-state index in [0.717, 1.165) is 29.4 Å². The standard InChI is InChI=1S/C16H17ClN4O/c1-11-14(9-21(2)10-15-18-6-7-19-15)20-16(22-11)12-4-3-5-13(17)8-12/h3-8H,9-10H2,1-2H3,(H,18,19). The molecule has 6 heteroatoms. The molecular formula is C16H17ClN4O. The van der Waals surface area contributed by atoms with Crippen LogP contribution in [-0.4, -0.2) is 26.9 Å². The lowest BCUT2D eigenvalue weighted by molar-refractivity contribution is 0.306. The van der Waals surface area contributed by atoms with Gasteiger partial charge in [-0.2, -0.15) is 0 Å². The maximum absolute atomic E-state index is 6.02. The Balaban J connectivity index is 1.75. The normalized spacial score (nSPS) is 11.3. The third kappa shape index (κ3) is 3.37. The molecule has 0 aliphatic carbocycles. The van der Waals surface area contributed by atoms with Crippen LogP contribution >= 0.6 is 11.6 Å². The molecule has 2 heterocycles. The fraction of sp³-hybridized carbons (Fsp3) is 0.250. The molecule has 2 aromatic heterocycles. The van der Waals surface area contributed by atoms with Crippen LogP contribution in [0.1, 0.15) is 17.3 Å². The number of rotatable bonds is 5. The summed E-state index contributed by atoms with van der Waals surface area (Å²) in [5.41, 5.74) is 1.81. The smallest absolute Gasteiger partial charge is 0.226 e. The zero-order valence-corrected chi connectivity index (χ0v) is 13.3. The largest absolute Gasteiger partial charge is 0.441 e. The van der Waals surface area contributed by atoms with E-state index >= 15 is 0 Å². The molecule has 22 heavy (non-hydrogen) atoms. The monoisotopic (exact) mass is 316 g/mol. The van der Waals surface area contributed by atoms with Gasteiger partial charge in [0, 0.05) is 29.5 Å². The Morgan fingerprint density at radius 1 is 1.32 bits per heavy atom. The third-order valence-corrected chi connectivity index (χ3v) is 3.59. The molecule has 0 amide bonds. The summed E-state index contributed by atoms with van der Waals surface area (Å²) in [5, 5.41) is 0.671. The van der Waals surface area contributed by atoms with E-state index in [9.17, 15) is 0 Å². The molecule has 3 rings (SSSR count). The number of hydrogen-bond acceptors (Lipinski definition) is 4. The van der Waals surface area contributed by atoms with E-state index in [-0.39, 0.29) is 0 Å². The molecule has 0 fully saturated rings. The van der Waals surface area contributed by atoms with Crippen LogP contribution in [0.4, 0.5) is 0 Å². The van der Waals surface area contributed by atoms with Gasteiger partial charge < -0.3 is 9.40 Å². The van der Waals surface area contributed by atoms with Crippen LogP contribution in [0.2, 0.25) is 5.02 Å². The number of aryl methyl sites for hydroxylation is 1. The van der Waals surface area contributed by atoms with Crippen molar-refractivity contribution >= 4 is 11.6 Å². The molecule has 0 bridgehead atoms. The average molecular weight is 317 g/mol. The molecule has 0 aliphatic heterocycles. The number of hydrogen-bond donors (Lipinski definition) is 1. The molecule has 0 saturated heterocycles. The minimum atomic E-state index is 0.599. The number of H-pyrrole nitrogens is 1. The van der Waals surface area contributed by atoms with E-state index < -0.39 is 0 Å². The van der Waals surface area contributed by atoms with Gasteiger partial charge in [-0.15, -0.1) is 0 Å². The molecule has 0 atom stereocenters. The van der Waals surface area contributed by atoms with E-state index in [2.05, 4.69) is 19.9 Å². The summed E-state index contributed by atoms with van der Waals surface area (Å²) in [6.07, 6.45) is 3.57. The summed E-state index contributed by atoms with van der Waals surface area (Å²) in [6.45, 7) is 3.35. The van der Waals surface area contributed by atoms with Crippen molar-refractivity contribution in [2.75, 3.05) is 7.05 Å². The van der Waals surface area contributed by atoms with Crippen LogP contribution in [0.3, 0.4) is 0 Å². The number of halogens is 1. The molecule has 3 aromatic rings. The molecule has 0 radical (unpaired) electrons. The first kappa shape index (κ1) is 14.8. The van der Waals surface area contributed by atoms with Crippen LogP contribution in [0.5, 0.6) is 0 Å². The lowest BCUT2D eigenvalue weighted by Crippen LogP contribution is -2.18. The number of aromatic amines is 1. The third-order valence-electron chi connectivity index (χ3n) is 3.36. The fourth-order valence-corrected chi connectivity index (χ4v) is 2.46. The first-order chi connectivity index (χ1) is 10.6. The fourth-order valence-electron chi connectivity index (χ4n) is 2.27. The maximum Gasteiger partial charge on any atom is 0.226 e. The summed E-state index contributed by atoms with van der Waals surface area (Å²) >= 11 is 6.02. The first-order valence-electron chi connectivity index (χ1n) is 7.01. The van der Waals surface area contributed by atoms with E-state index in [1.165, 1.54) is 0 Å². The van der Waals surface area contributed by atoms with Gasteiger partial charge in [0.1, 0.15) is 11.6 Å². The number of nitrogens with zero attached hydrogens (tertiary/aromatic N) is 3. The Labute approximate surface area is 134 Å². The highest BCUT2D eigenvalue weighted by atomic mass is 35.5. The highest BCUT2D eigenvalue weighted by molar-refractivity contribution is 6.30. The minimum absolute atomic E-state index is 0.599. The van der Waals surface area contributed by atoms with Gasteiger partial charge in [0.05, 0.1) is 12.2 Å². The van der Waals surface area contributed by atoms with Crippen molar-refractivity contribution < 1.29 is 4.42 Å².